The van der Waals surface area contributed by atoms with Crippen LogP contribution < -0.4 is 10.1 Å². The van der Waals surface area contributed by atoms with Gasteiger partial charge in [-0.2, -0.15) is 0 Å². The van der Waals surface area contributed by atoms with Crippen molar-refractivity contribution >= 4 is 11.7 Å². The molecule has 0 bridgehead atoms. The number of hydrogen-bond donors (Lipinski definition) is 2. The highest BCUT2D eigenvalue weighted by atomic mass is 16.5. The molecule has 0 aliphatic carbocycles. The molecular weight excluding hydrogens is 270 g/mol. The molecule has 1 aliphatic heterocycles. The van der Waals surface area contributed by atoms with E-state index >= 15 is 0 Å². The molecular formula is C16H23NO4. The first kappa shape index (κ1) is 15.6. The molecule has 1 saturated heterocycles. The van der Waals surface area contributed by atoms with Gasteiger partial charge in [0.25, 0.3) is 0 Å². The average molecular weight is 293 g/mol. The van der Waals surface area contributed by atoms with Gasteiger partial charge in [-0.15, -0.1) is 0 Å². The SMILES string of the molecule is CCC1(C)CC(Nc2ccccc2OC)(C(=O)O)CCO1. The van der Waals surface area contributed by atoms with Gasteiger partial charge in [0.05, 0.1) is 25.0 Å². The third-order valence-corrected chi connectivity index (χ3v) is 4.29. The van der Waals surface area contributed by atoms with Gasteiger partial charge >= 0.3 is 5.97 Å². The molecule has 0 radical (unpaired) electrons. The number of ether oxygens (including phenoxy) is 2. The van der Waals surface area contributed by atoms with E-state index < -0.39 is 17.1 Å². The number of rotatable bonds is 5. The minimum absolute atomic E-state index is 0.421. The number of aliphatic carboxylic acids is 1. The zero-order valence-electron chi connectivity index (χ0n) is 12.8. The standard InChI is InChI=1S/C16H23NO4/c1-4-15(2)11-16(14(18)19,9-10-21-15)17-12-7-5-6-8-13(12)20-3/h5-8,17H,4,9-11H2,1-3H3,(H,18,19). The van der Waals surface area contributed by atoms with Crippen LogP contribution in [0.3, 0.4) is 0 Å². The molecule has 0 amide bonds. The molecule has 0 aromatic heterocycles. The predicted molar refractivity (Wildman–Crippen MR) is 80.9 cm³/mol. The summed E-state index contributed by atoms with van der Waals surface area (Å²) in [5, 5.41) is 13.0. The van der Waals surface area contributed by atoms with Crippen LogP contribution in [0.4, 0.5) is 5.69 Å². The van der Waals surface area contributed by atoms with Crippen LogP contribution in [0.15, 0.2) is 24.3 Å². The molecule has 0 saturated carbocycles. The van der Waals surface area contributed by atoms with Crippen molar-refractivity contribution in [1.29, 1.82) is 0 Å². The summed E-state index contributed by atoms with van der Waals surface area (Å²) in [6, 6.07) is 7.37. The lowest BCUT2D eigenvalue weighted by Crippen LogP contribution is -2.56. The summed E-state index contributed by atoms with van der Waals surface area (Å²) in [6.07, 6.45) is 1.62. The monoisotopic (exact) mass is 293 g/mol. The van der Waals surface area contributed by atoms with Crippen LogP contribution in [-0.2, 0) is 9.53 Å². The summed E-state index contributed by atoms with van der Waals surface area (Å²) < 4.78 is 11.1. The number of hydrogen-bond acceptors (Lipinski definition) is 4. The van der Waals surface area contributed by atoms with Gasteiger partial charge < -0.3 is 19.9 Å². The van der Waals surface area contributed by atoms with Gasteiger partial charge in [0.15, 0.2) is 0 Å². The number of carbonyl (C=O) groups is 1. The van der Waals surface area contributed by atoms with E-state index in [1.165, 1.54) is 0 Å². The summed E-state index contributed by atoms with van der Waals surface area (Å²) in [5.74, 6) is -0.209. The fraction of sp³-hybridized carbons (Fsp3) is 0.562. The van der Waals surface area contributed by atoms with E-state index in [0.717, 1.165) is 6.42 Å². The third kappa shape index (κ3) is 3.13. The van der Waals surface area contributed by atoms with E-state index in [1.54, 1.807) is 7.11 Å². The Balaban J connectivity index is 2.33. The average Bonchev–Trinajstić information content (AvgIpc) is 2.48. The number of carboxylic acid groups (broad SMARTS) is 1. The minimum Gasteiger partial charge on any atom is -0.495 e. The largest absolute Gasteiger partial charge is 0.495 e. The van der Waals surface area contributed by atoms with Crippen molar-refractivity contribution in [3.63, 3.8) is 0 Å². The van der Waals surface area contributed by atoms with Crippen LogP contribution in [0, 0.1) is 0 Å². The number of nitrogens with one attached hydrogen (secondary N) is 1. The number of carboxylic acids is 1. The lowest BCUT2D eigenvalue weighted by Gasteiger charge is -2.44. The third-order valence-electron chi connectivity index (χ3n) is 4.29. The Hall–Kier alpha value is -1.75. The van der Waals surface area contributed by atoms with Crippen LogP contribution in [0.5, 0.6) is 5.75 Å². The Morgan fingerprint density at radius 3 is 2.81 bits per heavy atom. The Labute approximate surface area is 125 Å². The maximum atomic E-state index is 11.9. The van der Waals surface area contributed by atoms with Crippen LogP contribution in [-0.4, -0.2) is 35.9 Å². The molecule has 5 heteroatoms. The van der Waals surface area contributed by atoms with E-state index in [-0.39, 0.29) is 0 Å². The molecule has 1 aliphatic rings. The second-order valence-corrected chi connectivity index (χ2v) is 5.79. The Bertz CT molecular complexity index is 519. The van der Waals surface area contributed by atoms with Crippen molar-refractivity contribution in [1.82, 2.24) is 0 Å². The van der Waals surface area contributed by atoms with E-state index in [4.69, 9.17) is 9.47 Å². The number of anilines is 1. The molecule has 1 fully saturated rings. The highest BCUT2D eigenvalue weighted by molar-refractivity contribution is 5.84. The quantitative estimate of drug-likeness (QED) is 0.873. The van der Waals surface area contributed by atoms with Gasteiger partial charge in [-0.05, 0) is 25.5 Å². The van der Waals surface area contributed by atoms with Crippen LogP contribution >= 0.6 is 0 Å². The Kier molecular flexibility index (Phi) is 4.42. The van der Waals surface area contributed by atoms with Crippen molar-refractivity contribution < 1.29 is 19.4 Å². The smallest absolute Gasteiger partial charge is 0.329 e. The molecule has 0 spiro atoms. The number of para-hydroxylation sites is 2. The summed E-state index contributed by atoms with van der Waals surface area (Å²) >= 11 is 0. The fourth-order valence-corrected chi connectivity index (χ4v) is 2.82. The molecule has 1 aromatic rings. The predicted octanol–water partition coefficient (Wildman–Crippen LogP) is 2.91. The van der Waals surface area contributed by atoms with E-state index in [9.17, 15) is 9.90 Å². The van der Waals surface area contributed by atoms with E-state index in [2.05, 4.69) is 5.32 Å². The molecule has 2 rings (SSSR count). The van der Waals surface area contributed by atoms with Gasteiger partial charge in [0.2, 0.25) is 0 Å². The second kappa shape index (κ2) is 5.93. The molecule has 5 nitrogen and oxygen atoms in total. The first-order chi connectivity index (χ1) is 9.95. The molecule has 1 heterocycles. The van der Waals surface area contributed by atoms with Crippen LogP contribution in [0.1, 0.15) is 33.1 Å². The maximum Gasteiger partial charge on any atom is 0.329 e. The van der Waals surface area contributed by atoms with Crippen molar-refractivity contribution in [2.75, 3.05) is 19.0 Å². The highest BCUT2D eigenvalue weighted by Crippen LogP contribution is 2.38. The molecule has 2 atom stereocenters. The first-order valence-electron chi connectivity index (χ1n) is 7.23. The van der Waals surface area contributed by atoms with Gasteiger partial charge in [-0.3, -0.25) is 0 Å². The zero-order valence-corrected chi connectivity index (χ0v) is 12.8. The number of benzene rings is 1. The lowest BCUT2D eigenvalue weighted by atomic mass is 9.79. The summed E-state index contributed by atoms with van der Waals surface area (Å²) in [4.78, 5) is 11.9. The summed E-state index contributed by atoms with van der Waals surface area (Å²) in [6.45, 7) is 4.41. The van der Waals surface area contributed by atoms with Crippen molar-refractivity contribution in [3.8, 4) is 5.75 Å². The Morgan fingerprint density at radius 2 is 2.19 bits per heavy atom. The van der Waals surface area contributed by atoms with Crippen molar-refractivity contribution in [3.05, 3.63) is 24.3 Å². The molecule has 1 aromatic carbocycles. The molecule has 2 unspecified atom stereocenters. The topological polar surface area (TPSA) is 67.8 Å². The van der Waals surface area contributed by atoms with Crippen LogP contribution in [0.25, 0.3) is 0 Å². The van der Waals surface area contributed by atoms with Crippen molar-refractivity contribution in [2.24, 2.45) is 0 Å². The minimum atomic E-state index is -1.03. The van der Waals surface area contributed by atoms with E-state index in [0.29, 0.717) is 30.9 Å². The van der Waals surface area contributed by atoms with Crippen LogP contribution in [0.2, 0.25) is 0 Å². The lowest BCUT2D eigenvalue weighted by molar-refractivity contribution is -0.154. The first-order valence-corrected chi connectivity index (χ1v) is 7.23. The highest BCUT2D eigenvalue weighted by Gasteiger charge is 2.48. The molecule has 116 valence electrons. The summed E-state index contributed by atoms with van der Waals surface area (Å²) in [7, 11) is 1.58. The second-order valence-electron chi connectivity index (χ2n) is 5.79. The van der Waals surface area contributed by atoms with Gasteiger partial charge in [0, 0.05) is 12.8 Å². The summed E-state index contributed by atoms with van der Waals surface area (Å²) in [5.41, 5.74) is -0.758. The fourth-order valence-electron chi connectivity index (χ4n) is 2.82. The van der Waals surface area contributed by atoms with Crippen molar-refractivity contribution in [2.45, 2.75) is 44.2 Å². The van der Waals surface area contributed by atoms with Gasteiger partial charge in [0.1, 0.15) is 11.3 Å². The zero-order chi connectivity index (χ0) is 15.5. The van der Waals surface area contributed by atoms with Gasteiger partial charge in [-0.25, -0.2) is 4.79 Å². The Morgan fingerprint density at radius 1 is 1.48 bits per heavy atom. The normalized spacial score (nSPS) is 28.9. The van der Waals surface area contributed by atoms with E-state index in [1.807, 2.05) is 38.1 Å². The van der Waals surface area contributed by atoms with Gasteiger partial charge in [-0.1, -0.05) is 19.1 Å². The molecule has 21 heavy (non-hydrogen) atoms. The number of methoxy groups -OCH3 is 1. The maximum absolute atomic E-state index is 11.9. The molecule has 2 N–H and O–H groups in total.